The smallest absolute Gasteiger partial charge is 0.0898 e. The van der Waals surface area contributed by atoms with E-state index in [4.69, 9.17) is 0 Å². The third-order valence-corrected chi connectivity index (χ3v) is 3.64. The Kier molecular flexibility index (Phi) is 4.43. The first-order valence-electron chi connectivity index (χ1n) is 6.30. The molecule has 6 heteroatoms. The Morgan fingerprint density at radius 2 is 2.28 bits per heavy atom. The van der Waals surface area contributed by atoms with Crippen LogP contribution in [0.1, 0.15) is 42.6 Å². The molecular weight excluding hydrogens is 246 g/mol. The molecule has 0 saturated carbocycles. The number of nitrogens with zero attached hydrogens (tertiary/aromatic N) is 4. The summed E-state index contributed by atoms with van der Waals surface area (Å²) >= 11 is 1.46. The topological polar surface area (TPSA) is 55.6 Å². The molecule has 0 aliphatic carbocycles. The zero-order chi connectivity index (χ0) is 13.0. The van der Waals surface area contributed by atoms with Crippen LogP contribution < -0.4 is 5.32 Å². The van der Waals surface area contributed by atoms with Gasteiger partial charge in [0.05, 0.1) is 22.3 Å². The molecule has 98 valence electrons. The third-order valence-electron chi connectivity index (χ3n) is 2.81. The first kappa shape index (κ1) is 13.2. The number of aromatic nitrogens is 4. The van der Waals surface area contributed by atoms with E-state index in [-0.39, 0.29) is 6.04 Å². The normalized spacial score (nSPS) is 12.8. The molecule has 1 unspecified atom stereocenters. The molecule has 1 atom stereocenters. The standard InChI is InChI=1S/C12H19N5S/c1-4-7-13-11(10-6-8-17(3)15-10)12-9(5-2)14-16-18-12/h6,8,11,13H,4-5,7H2,1-3H3. The van der Waals surface area contributed by atoms with E-state index in [1.54, 1.807) is 0 Å². The highest BCUT2D eigenvalue weighted by molar-refractivity contribution is 7.05. The number of hydrogen-bond donors (Lipinski definition) is 1. The van der Waals surface area contributed by atoms with Crippen LogP contribution in [0.25, 0.3) is 0 Å². The number of hydrogen-bond acceptors (Lipinski definition) is 5. The summed E-state index contributed by atoms with van der Waals surface area (Å²) in [4.78, 5) is 1.18. The van der Waals surface area contributed by atoms with E-state index in [1.165, 1.54) is 16.4 Å². The third kappa shape index (κ3) is 2.76. The lowest BCUT2D eigenvalue weighted by Gasteiger charge is -2.15. The van der Waals surface area contributed by atoms with E-state index < -0.39 is 0 Å². The maximum atomic E-state index is 4.50. The van der Waals surface area contributed by atoms with Gasteiger partial charge in [-0.05, 0) is 37.0 Å². The molecule has 0 saturated heterocycles. The van der Waals surface area contributed by atoms with Gasteiger partial charge in [-0.2, -0.15) is 5.10 Å². The lowest BCUT2D eigenvalue weighted by atomic mass is 10.1. The molecule has 0 fully saturated rings. The number of aryl methyl sites for hydroxylation is 2. The van der Waals surface area contributed by atoms with Crippen LogP contribution >= 0.6 is 11.5 Å². The van der Waals surface area contributed by atoms with E-state index in [1.807, 2.05) is 24.0 Å². The van der Waals surface area contributed by atoms with Crippen molar-refractivity contribution in [3.8, 4) is 0 Å². The van der Waals surface area contributed by atoms with Gasteiger partial charge in [0.1, 0.15) is 0 Å². The SMILES string of the molecule is CCCNC(c1ccn(C)n1)c1snnc1CC. The maximum absolute atomic E-state index is 4.50. The van der Waals surface area contributed by atoms with Gasteiger partial charge in [0.15, 0.2) is 0 Å². The number of nitrogens with one attached hydrogen (secondary N) is 1. The molecular formula is C12H19N5S. The Labute approximate surface area is 111 Å². The lowest BCUT2D eigenvalue weighted by Crippen LogP contribution is -2.24. The van der Waals surface area contributed by atoms with Crippen LogP contribution in [0.5, 0.6) is 0 Å². The van der Waals surface area contributed by atoms with E-state index in [0.717, 1.165) is 30.8 Å². The molecule has 2 aromatic heterocycles. The van der Waals surface area contributed by atoms with Crippen molar-refractivity contribution in [2.24, 2.45) is 7.05 Å². The van der Waals surface area contributed by atoms with Gasteiger partial charge in [-0.15, -0.1) is 5.10 Å². The average molecular weight is 265 g/mol. The molecule has 0 amide bonds. The van der Waals surface area contributed by atoms with Crippen molar-refractivity contribution in [3.63, 3.8) is 0 Å². The van der Waals surface area contributed by atoms with Crippen molar-refractivity contribution in [2.45, 2.75) is 32.7 Å². The summed E-state index contributed by atoms with van der Waals surface area (Å²) in [7, 11) is 1.94. The van der Waals surface area contributed by atoms with Crippen LogP contribution in [-0.2, 0) is 13.5 Å². The fraction of sp³-hybridized carbons (Fsp3) is 0.583. The second-order valence-corrected chi connectivity index (χ2v) is 5.02. The van der Waals surface area contributed by atoms with Crippen LogP contribution in [-0.4, -0.2) is 25.9 Å². The second-order valence-electron chi connectivity index (χ2n) is 4.24. The van der Waals surface area contributed by atoms with Gasteiger partial charge in [0, 0.05) is 13.2 Å². The van der Waals surface area contributed by atoms with Crippen molar-refractivity contribution in [1.82, 2.24) is 24.7 Å². The van der Waals surface area contributed by atoms with Gasteiger partial charge < -0.3 is 5.32 Å². The molecule has 0 bridgehead atoms. The van der Waals surface area contributed by atoms with Crippen LogP contribution in [0.3, 0.4) is 0 Å². The highest BCUT2D eigenvalue weighted by Gasteiger charge is 2.21. The lowest BCUT2D eigenvalue weighted by molar-refractivity contribution is 0.578. The Balaban J connectivity index is 2.30. The first-order valence-corrected chi connectivity index (χ1v) is 7.07. The molecule has 0 radical (unpaired) electrons. The Morgan fingerprint density at radius 3 is 2.89 bits per heavy atom. The minimum atomic E-state index is 0.112. The largest absolute Gasteiger partial charge is 0.304 e. The molecule has 0 aromatic carbocycles. The van der Waals surface area contributed by atoms with E-state index in [2.05, 4.69) is 33.8 Å². The molecule has 2 rings (SSSR count). The Morgan fingerprint density at radius 1 is 1.44 bits per heavy atom. The summed E-state index contributed by atoms with van der Waals surface area (Å²) in [5.74, 6) is 0. The summed E-state index contributed by atoms with van der Waals surface area (Å²) in [5.41, 5.74) is 2.10. The summed E-state index contributed by atoms with van der Waals surface area (Å²) in [5, 5.41) is 12.2. The summed E-state index contributed by atoms with van der Waals surface area (Å²) in [6.45, 7) is 5.23. The fourth-order valence-electron chi connectivity index (χ4n) is 1.89. The molecule has 5 nitrogen and oxygen atoms in total. The minimum Gasteiger partial charge on any atom is -0.304 e. The molecule has 2 heterocycles. The quantitative estimate of drug-likeness (QED) is 0.867. The van der Waals surface area contributed by atoms with Crippen molar-refractivity contribution >= 4 is 11.5 Å². The van der Waals surface area contributed by atoms with Crippen molar-refractivity contribution in [3.05, 3.63) is 28.5 Å². The van der Waals surface area contributed by atoms with Gasteiger partial charge in [-0.25, -0.2) is 0 Å². The Hall–Kier alpha value is -1.27. The summed E-state index contributed by atoms with van der Waals surface area (Å²) < 4.78 is 5.90. The van der Waals surface area contributed by atoms with Gasteiger partial charge >= 0.3 is 0 Å². The predicted octanol–water partition coefficient (Wildman–Crippen LogP) is 1.92. The van der Waals surface area contributed by atoms with Gasteiger partial charge in [-0.3, -0.25) is 4.68 Å². The van der Waals surface area contributed by atoms with E-state index in [9.17, 15) is 0 Å². The zero-order valence-corrected chi connectivity index (χ0v) is 11.9. The molecule has 2 aromatic rings. The first-order chi connectivity index (χ1) is 8.76. The highest BCUT2D eigenvalue weighted by atomic mass is 32.1. The van der Waals surface area contributed by atoms with E-state index >= 15 is 0 Å². The van der Waals surface area contributed by atoms with Crippen LogP contribution in [0.15, 0.2) is 12.3 Å². The monoisotopic (exact) mass is 265 g/mol. The zero-order valence-electron chi connectivity index (χ0n) is 11.1. The molecule has 0 aliphatic rings. The van der Waals surface area contributed by atoms with Gasteiger partial charge in [-0.1, -0.05) is 18.3 Å². The molecule has 1 N–H and O–H groups in total. The van der Waals surface area contributed by atoms with Crippen LogP contribution in [0.4, 0.5) is 0 Å². The van der Waals surface area contributed by atoms with Crippen molar-refractivity contribution in [1.29, 1.82) is 0 Å². The van der Waals surface area contributed by atoms with Crippen molar-refractivity contribution < 1.29 is 0 Å². The maximum Gasteiger partial charge on any atom is 0.0898 e. The summed E-state index contributed by atoms with van der Waals surface area (Å²) in [6.07, 6.45) is 3.97. The van der Waals surface area contributed by atoms with E-state index in [0.29, 0.717) is 0 Å². The van der Waals surface area contributed by atoms with Crippen LogP contribution in [0, 0.1) is 0 Å². The fourth-order valence-corrected chi connectivity index (χ4v) is 2.71. The average Bonchev–Trinajstić information content (AvgIpc) is 2.99. The van der Waals surface area contributed by atoms with Gasteiger partial charge in [0.25, 0.3) is 0 Å². The van der Waals surface area contributed by atoms with Crippen molar-refractivity contribution in [2.75, 3.05) is 6.54 Å². The number of rotatable bonds is 6. The minimum absolute atomic E-state index is 0.112. The molecule has 0 aliphatic heterocycles. The summed E-state index contributed by atoms with van der Waals surface area (Å²) in [6, 6.07) is 2.16. The van der Waals surface area contributed by atoms with Crippen LogP contribution in [0.2, 0.25) is 0 Å². The predicted molar refractivity (Wildman–Crippen MR) is 72.6 cm³/mol. The molecule has 0 spiro atoms. The highest BCUT2D eigenvalue weighted by Crippen LogP contribution is 2.26. The second kappa shape index (κ2) is 6.06. The Bertz CT molecular complexity index is 490. The molecule has 18 heavy (non-hydrogen) atoms. The van der Waals surface area contributed by atoms with Gasteiger partial charge in [0.2, 0.25) is 0 Å².